The molecule has 0 N–H and O–H groups in total. The highest BCUT2D eigenvalue weighted by Gasteiger charge is 2.10. The number of nitroso groups, excluding NO2 is 1. The van der Waals surface area contributed by atoms with E-state index in [9.17, 15) is 4.91 Å². The van der Waals surface area contributed by atoms with Crippen LogP contribution in [0.1, 0.15) is 5.56 Å². The van der Waals surface area contributed by atoms with Crippen LogP contribution in [0.25, 0.3) is 0 Å². The van der Waals surface area contributed by atoms with Crippen molar-refractivity contribution in [3.63, 3.8) is 0 Å². The van der Waals surface area contributed by atoms with Gasteiger partial charge in [0, 0.05) is 6.54 Å². The molecule has 0 aliphatic carbocycles. The maximum absolute atomic E-state index is 10.6. The van der Waals surface area contributed by atoms with Gasteiger partial charge >= 0.3 is 0 Å². The van der Waals surface area contributed by atoms with Crippen LogP contribution in [0, 0.1) is 4.91 Å². The second-order valence-electron chi connectivity index (χ2n) is 3.71. The van der Waals surface area contributed by atoms with Gasteiger partial charge in [0.05, 0.1) is 0 Å². The maximum atomic E-state index is 10.6. The molecule has 0 spiro atoms. The Hall–Kier alpha value is -1.22. The van der Waals surface area contributed by atoms with Crippen LogP contribution in [0.5, 0.6) is 0 Å². The van der Waals surface area contributed by atoms with E-state index in [1.54, 1.807) is 0 Å². The number of likely N-dealkylation sites (N-methyl/N-ethyl adjacent to an activating group) is 1. The van der Waals surface area contributed by atoms with Gasteiger partial charge < -0.3 is 4.90 Å². The van der Waals surface area contributed by atoms with Gasteiger partial charge in [-0.2, -0.15) is 4.91 Å². The maximum Gasteiger partial charge on any atom is 0.109 e. The van der Waals surface area contributed by atoms with Crippen molar-refractivity contribution in [3.05, 3.63) is 40.8 Å². The third kappa shape index (κ3) is 3.66. The summed E-state index contributed by atoms with van der Waals surface area (Å²) in [6.45, 7) is 0.707. The van der Waals surface area contributed by atoms with Crippen LogP contribution >= 0.6 is 0 Å². The minimum atomic E-state index is -0.146. The minimum absolute atomic E-state index is 0.146. The van der Waals surface area contributed by atoms with E-state index in [4.69, 9.17) is 0 Å². The highest BCUT2D eigenvalue weighted by Crippen LogP contribution is 2.06. The highest BCUT2D eigenvalue weighted by molar-refractivity contribution is 5.16. The zero-order chi connectivity index (χ0) is 10.4. The van der Waals surface area contributed by atoms with Crippen molar-refractivity contribution in [1.29, 1.82) is 0 Å². The number of nitrogens with zero attached hydrogens (tertiary/aromatic N) is 2. The van der Waals surface area contributed by atoms with Gasteiger partial charge in [-0.3, -0.25) is 0 Å². The Morgan fingerprint density at radius 1 is 1.29 bits per heavy atom. The monoisotopic (exact) mass is 192 g/mol. The Morgan fingerprint density at radius 2 is 1.93 bits per heavy atom. The normalized spacial score (nSPS) is 12.8. The molecule has 0 aliphatic rings. The predicted octanol–water partition coefficient (Wildman–Crippen LogP) is 1.93. The van der Waals surface area contributed by atoms with E-state index in [2.05, 4.69) is 5.18 Å². The minimum Gasteiger partial charge on any atom is -0.307 e. The lowest BCUT2D eigenvalue weighted by Crippen LogP contribution is -2.25. The largest absolute Gasteiger partial charge is 0.307 e. The summed E-state index contributed by atoms with van der Waals surface area (Å²) in [6, 6.07) is 9.83. The molecular formula is C11H16N2O. The molecule has 76 valence electrons. The molecule has 1 aromatic carbocycles. The smallest absolute Gasteiger partial charge is 0.109 e. The predicted molar refractivity (Wildman–Crippen MR) is 58.3 cm³/mol. The molecule has 0 heterocycles. The van der Waals surface area contributed by atoms with Crippen LogP contribution in [0.15, 0.2) is 35.5 Å². The first-order chi connectivity index (χ1) is 6.72. The first-order valence-corrected chi connectivity index (χ1v) is 4.73. The van der Waals surface area contributed by atoms with Gasteiger partial charge in [-0.15, -0.1) is 0 Å². The average Bonchev–Trinajstić information content (AvgIpc) is 2.17. The van der Waals surface area contributed by atoms with Gasteiger partial charge in [-0.1, -0.05) is 35.5 Å². The second kappa shape index (κ2) is 5.50. The third-order valence-corrected chi connectivity index (χ3v) is 2.04. The van der Waals surface area contributed by atoms with Crippen molar-refractivity contribution >= 4 is 0 Å². The van der Waals surface area contributed by atoms with Gasteiger partial charge in [-0.05, 0) is 26.1 Å². The summed E-state index contributed by atoms with van der Waals surface area (Å²) >= 11 is 0. The summed E-state index contributed by atoms with van der Waals surface area (Å²) in [6.07, 6.45) is 0.725. The summed E-state index contributed by atoms with van der Waals surface area (Å²) in [7, 11) is 3.90. The van der Waals surface area contributed by atoms with Crippen molar-refractivity contribution < 1.29 is 0 Å². The zero-order valence-corrected chi connectivity index (χ0v) is 8.68. The molecule has 1 rings (SSSR count). The van der Waals surface area contributed by atoms with Gasteiger partial charge in [0.1, 0.15) is 6.04 Å². The van der Waals surface area contributed by atoms with Crippen molar-refractivity contribution in [2.45, 2.75) is 12.5 Å². The molecule has 1 aromatic rings. The SMILES string of the molecule is CN(C)CC(Cc1ccccc1)N=O. The lowest BCUT2D eigenvalue weighted by atomic mass is 10.1. The van der Waals surface area contributed by atoms with Gasteiger partial charge in [0.25, 0.3) is 0 Å². The number of rotatable bonds is 5. The van der Waals surface area contributed by atoms with Gasteiger partial charge in [0.15, 0.2) is 0 Å². The fourth-order valence-corrected chi connectivity index (χ4v) is 1.44. The Labute approximate surface area is 84.7 Å². The van der Waals surface area contributed by atoms with Crippen molar-refractivity contribution in [2.24, 2.45) is 5.18 Å². The summed E-state index contributed by atoms with van der Waals surface area (Å²) in [5.74, 6) is 0. The van der Waals surface area contributed by atoms with Crippen molar-refractivity contribution in [3.8, 4) is 0 Å². The van der Waals surface area contributed by atoms with E-state index in [0.29, 0.717) is 6.54 Å². The van der Waals surface area contributed by atoms with E-state index in [1.807, 2.05) is 49.3 Å². The number of hydrogen-bond acceptors (Lipinski definition) is 3. The van der Waals surface area contributed by atoms with Gasteiger partial charge in [0.2, 0.25) is 0 Å². The quantitative estimate of drug-likeness (QED) is 0.668. The lowest BCUT2D eigenvalue weighted by molar-refractivity contribution is 0.371. The average molecular weight is 192 g/mol. The molecule has 0 amide bonds. The Kier molecular flexibility index (Phi) is 4.26. The Balaban J connectivity index is 2.53. The van der Waals surface area contributed by atoms with E-state index in [1.165, 1.54) is 5.56 Å². The first kappa shape index (κ1) is 10.9. The van der Waals surface area contributed by atoms with Gasteiger partial charge in [-0.25, -0.2) is 0 Å². The van der Waals surface area contributed by atoms with Crippen molar-refractivity contribution in [1.82, 2.24) is 4.90 Å². The molecule has 0 saturated carbocycles. The number of hydrogen-bond donors (Lipinski definition) is 0. The molecule has 0 aliphatic heterocycles. The molecule has 14 heavy (non-hydrogen) atoms. The fraction of sp³-hybridized carbons (Fsp3) is 0.455. The van der Waals surface area contributed by atoms with Crippen LogP contribution < -0.4 is 0 Å². The summed E-state index contributed by atoms with van der Waals surface area (Å²) < 4.78 is 0. The van der Waals surface area contributed by atoms with Crippen LogP contribution in [0.2, 0.25) is 0 Å². The zero-order valence-electron chi connectivity index (χ0n) is 8.68. The Morgan fingerprint density at radius 3 is 2.43 bits per heavy atom. The Bertz CT molecular complexity index is 272. The molecule has 0 fully saturated rings. The molecule has 1 atom stereocenters. The summed E-state index contributed by atoms with van der Waals surface area (Å²) in [4.78, 5) is 12.5. The molecule has 0 radical (unpaired) electrons. The number of benzene rings is 1. The van der Waals surface area contributed by atoms with E-state index in [-0.39, 0.29) is 6.04 Å². The highest BCUT2D eigenvalue weighted by atomic mass is 16.3. The topological polar surface area (TPSA) is 32.7 Å². The third-order valence-electron chi connectivity index (χ3n) is 2.04. The van der Waals surface area contributed by atoms with Crippen LogP contribution in [0.4, 0.5) is 0 Å². The first-order valence-electron chi connectivity index (χ1n) is 4.73. The molecule has 3 heteroatoms. The molecular weight excluding hydrogens is 176 g/mol. The van der Waals surface area contributed by atoms with Crippen LogP contribution in [-0.4, -0.2) is 31.6 Å². The second-order valence-corrected chi connectivity index (χ2v) is 3.71. The van der Waals surface area contributed by atoms with E-state index < -0.39 is 0 Å². The summed E-state index contributed by atoms with van der Waals surface area (Å²) in [5.41, 5.74) is 1.17. The molecule has 1 unspecified atom stereocenters. The lowest BCUT2D eigenvalue weighted by Gasteiger charge is -2.14. The molecule has 0 aromatic heterocycles. The van der Waals surface area contributed by atoms with E-state index in [0.717, 1.165) is 6.42 Å². The van der Waals surface area contributed by atoms with Crippen molar-refractivity contribution in [2.75, 3.05) is 20.6 Å². The molecule has 3 nitrogen and oxygen atoms in total. The van der Waals surface area contributed by atoms with Crippen LogP contribution in [-0.2, 0) is 6.42 Å². The summed E-state index contributed by atoms with van der Waals surface area (Å²) in [5, 5.41) is 3.13. The fourth-order valence-electron chi connectivity index (χ4n) is 1.44. The molecule has 0 saturated heterocycles. The molecule has 0 bridgehead atoms. The van der Waals surface area contributed by atoms with Crippen LogP contribution in [0.3, 0.4) is 0 Å². The van der Waals surface area contributed by atoms with E-state index >= 15 is 0 Å². The standard InChI is InChI=1S/C11H16N2O/c1-13(2)9-11(12-14)8-10-6-4-3-5-7-10/h3-7,11H,8-9H2,1-2H3.